The molecule has 164 valence electrons. The average molecular weight is 440 g/mol. The summed E-state index contributed by atoms with van der Waals surface area (Å²) in [7, 11) is 0. The van der Waals surface area contributed by atoms with Crippen LogP contribution in [-0.2, 0) is 4.74 Å². The molecule has 1 aliphatic carbocycles. The van der Waals surface area contributed by atoms with Crippen molar-refractivity contribution >= 4 is 33.3 Å². The van der Waals surface area contributed by atoms with Crippen LogP contribution in [-0.4, -0.2) is 47.8 Å². The minimum atomic E-state index is -0.488. The predicted molar refractivity (Wildman–Crippen MR) is 127 cm³/mol. The van der Waals surface area contributed by atoms with Crippen LogP contribution in [0.2, 0.25) is 0 Å². The van der Waals surface area contributed by atoms with E-state index in [-0.39, 0.29) is 11.5 Å². The molecule has 0 spiro atoms. The van der Waals surface area contributed by atoms with Gasteiger partial charge in [-0.1, -0.05) is 0 Å². The molecule has 7 heteroatoms. The predicted octanol–water partition coefficient (Wildman–Crippen LogP) is 4.83. The molecule has 31 heavy (non-hydrogen) atoms. The maximum absolute atomic E-state index is 12.5. The topological polar surface area (TPSA) is 62.7 Å². The molecule has 2 aliphatic heterocycles. The number of amides is 1. The molecule has 1 aromatic carbocycles. The minimum Gasteiger partial charge on any atom is -0.444 e. The number of fused-ring (bicyclic) bond motifs is 2. The zero-order valence-electron chi connectivity index (χ0n) is 18.8. The maximum Gasteiger partial charge on any atom is 0.410 e. The summed E-state index contributed by atoms with van der Waals surface area (Å²) in [4.78, 5) is 34.3. The Hall–Kier alpha value is -2.67. The van der Waals surface area contributed by atoms with Crippen LogP contribution in [0.4, 0.5) is 10.5 Å². The number of hydrogen-bond acceptors (Lipinski definition) is 6. The molecule has 0 radical (unpaired) electrons. The van der Waals surface area contributed by atoms with E-state index in [1.165, 1.54) is 0 Å². The Morgan fingerprint density at radius 1 is 1.03 bits per heavy atom. The first-order valence-corrected chi connectivity index (χ1v) is 11.5. The fourth-order valence-corrected chi connectivity index (χ4v) is 5.18. The van der Waals surface area contributed by atoms with Gasteiger partial charge in [0.2, 0.25) is 0 Å². The standard InChI is InChI=1S/C24H29N3O3S/c1-15-11-17(26-7-6-8-27(10-9-26)23(29)30-24(3,4)5)13-19-21(15)25-22-16(2)12-18(28)14-20(22)31-19/h11-14H,6-10H2,1-5H3. The molecule has 0 atom stereocenters. The molecule has 6 nitrogen and oxygen atoms in total. The van der Waals surface area contributed by atoms with Gasteiger partial charge in [-0.15, -0.1) is 11.3 Å². The van der Waals surface area contributed by atoms with Crippen molar-refractivity contribution in [1.82, 2.24) is 9.88 Å². The molecule has 0 bridgehead atoms. The van der Waals surface area contributed by atoms with E-state index in [1.807, 2.05) is 27.7 Å². The zero-order chi connectivity index (χ0) is 22.3. The largest absolute Gasteiger partial charge is 0.444 e. The monoisotopic (exact) mass is 439 g/mol. The molecule has 0 unspecified atom stereocenters. The van der Waals surface area contributed by atoms with Crippen molar-refractivity contribution in [1.29, 1.82) is 0 Å². The summed E-state index contributed by atoms with van der Waals surface area (Å²) in [6, 6.07) is 7.65. The molecule has 0 N–H and O–H groups in total. The lowest BCUT2D eigenvalue weighted by atomic mass is 10.1. The molecular weight excluding hydrogens is 410 g/mol. The summed E-state index contributed by atoms with van der Waals surface area (Å²) in [5, 5.41) is 0. The van der Waals surface area contributed by atoms with Crippen molar-refractivity contribution in [2.24, 2.45) is 0 Å². The van der Waals surface area contributed by atoms with E-state index >= 15 is 0 Å². The maximum atomic E-state index is 12.5. The second-order valence-electron chi connectivity index (χ2n) is 9.22. The van der Waals surface area contributed by atoms with Gasteiger partial charge in [0.25, 0.3) is 0 Å². The van der Waals surface area contributed by atoms with Crippen molar-refractivity contribution in [3.63, 3.8) is 0 Å². The zero-order valence-corrected chi connectivity index (χ0v) is 19.6. The van der Waals surface area contributed by atoms with Gasteiger partial charge in [0.05, 0.1) is 20.8 Å². The van der Waals surface area contributed by atoms with Gasteiger partial charge < -0.3 is 14.5 Å². The van der Waals surface area contributed by atoms with Crippen LogP contribution < -0.4 is 10.3 Å². The number of aromatic nitrogens is 1. The smallest absolute Gasteiger partial charge is 0.410 e. The Kier molecular flexibility index (Phi) is 5.64. The third-order valence-corrected chi connectivity index (χ3v) is 6.51. The molecule has 3 aliphatic rings. The van der Waals surface area contributed by atoms with Gasteiger partial charge in [0, 0.05) is 37.9 Å². The van der Waals surface area contributed by atoms with Crippen LogP contribution in [0.25, 0.3) is 20.8 Å². The van der Waals surface area contributed by atoms with Crippen molar-refractivity contribution in [3.8, 4) is 10.6 Å². The Morgan fingerprint density at radius 3 is 2.55 bits per heavy atom. The molecular formula is C24H29N3O3S. The minimum absolute atomic E-state index is 0.0185. The molecule has 0 saturated carbocycles. The second kappa shape index (κ2) is 8.11. The highest BCUT2D eigenvalue weighted by molar-refractivity contribution is 7.21. The summed E-state index contributed by atoms with van der Waals surface area (Å²) < 4.78 is 6.62. The van der Waals surface area contributed by atoms with Crippen LogP contribution in [0.3, 0.4) is 0 Å². The van der Waals surface area contributed by atoms with Gasteiger partial charge in [0.1, 0.15) is 5.60 Å². The molecule has 4 rings (SSSR count). The number of benzene rings is 2. The highest BCUT2D eigenvalue weighted by atomic mass is 32.1. The van der Waals surface area contributed by atoms with Crippen molar-refractivity contribution in [3.05, 3.63) is 45.6 Å². The molecule has 1 aromatic rings. The quantitative estimate of drug-likeness (QED) is 0.509. The van der Waals surface area contributed by atoms with Gasteiger partial charge in [-0.3, -0.25) is 4.79 Å². The van der Waals surface area contributed by atoms with Crippen LogP contribution in [0.15, 0.2) is 29.1 Å². The lowest BCUT2D eigenvalue weighted by Crippen LogP contribution is -2.39. The van der Waals surface area contributed by atoms with Crippen LogP contribution in [0, 0.1) is 13.8 Å². The van der Waals surface area contributed by atoms with E-state index in [0.29, 0.717) is 13.1 Å². The van der Waals surface area contributed by atoms with E-state index in [9.17, 15) is 9.59 Å². The van der Waals surface area contributed by atoms with Crippen LogP contribution in [0.1, 0.15) is 38.3 Å². The number of rotatable bonds is 1. The van der Waals surface area contributed by atoms with Gasteiger partial charge in [0.15, 0.2) is 5.43 Å². The van der Waals surface area contributed by atoms with E-state index in [2.05, 4.69) is 24.0 Å². The number of carbonyl (C=O) groups excluding carboxylic acids is 1. The average Bonchev–Trinajstić information content (AvgIpc) is 2.91. The molecule has 1 fully saturated rings. The molecule has 2 heterocycles. The number of ether oxygens (including phenoxy) is 1. The highest BCUT2D eigenvalue weighted by Crippen LogP contribution is 2.35. The van der Waals surface area contributed by atoms with Crippen molar-refractivity contribution in [2.45, 2.75) is 46.6 Å². The third kappa shape index (κ3) is 4.66. The van der Waals surface area contributed by atoms with Gasteiger partial charge in [-0.25, -0.2) is 9.78 Å². The summed E-state index contributed by atoms with van der Waals surface area (Å²) in [6.07, 6.45) is 0.639. The van der Waals surface area contributed by atoms with E-state index in [4.69, 9.17) is 9.72 Å². The number of anilines is 1. The van der Waals surface area contributed by atoms with Crippen LogP contribution >= 0.6 is 11.3 Å². The summed E-state index contributed by atoms with van der Waals surface area (Å²) in [5.74, 6) is 0. The SMILES string of the molecule is Cc1cc(=O)cc2sc3cc(N4CCCN(C(=O)OC(C)(C)C)CC4)cc(C)c3nc1-2. The van der Waals surface area contributed by atoms with Crippen molar-refractivity contribution < 1.29 is 9.53 Å². The van der Waals surface area contributed by atoms with Gasteiger partial charge in [-0.2, -0.15) is 0 Å². The van der Waals surface area contributed by atoms with Crippen molar-refractivity contribution in [2.75, 3.05) is 31.1 Å². The Bertz CT molecular complexity index is 1170. The summed E-state index contributed by atoms with van der Waals surface area (Å²) in [5.41, 5.74) is 4.57. The number of carbonyl (C=O) groups is 1. The Labute approximate surface area is 186 Å². The normalized spacial score (nSPS) is 15.4. The van der Waals surface area contributed by atoms with Gasteiger partial charge >= 0.3 is 6.09 Å². The lowest BCUT2D eigenvalue weighted by molar-refractivity contribution is 0.0263. The number of hydrogen-bond donors (Lipinski definition) is 0. The highest BCUT2D eigenvalue weighted by Gasteiger charge is 2.25. The van der Waals surface area contributed by atoms with E-state index in [1.54, 1.807) is 28.4 Å². The summed E-state index contributed by atoms with van der Waals surface area (Å²) >= 11 is 1.62. The summed E-state index contributed by atoms with van der Waals surface area (Å²) in [6.45, 7) is 12.6. The molecule has 1 saturated heterocycles. The molecule has 0 aromatic heterocycles. The van der Waals surface area contributed by atoms with E-state index < -0.39 is 5.60 Å². The fourth-order valence-electron chi connectivity index (χ4n) is 3.98. The first-order chi connectivity index (χ1) is 14.6. The number of nitrogens with zero attached hydrogens (tertiary/aromatic N) is 3. The first kappa shape index (κ1) is 21.6. The molecule has 1 amide bonds. The Morgan fingerprint density at radius 2 is 1.81 bits per heavy atom. The van der Waals surface area contributed by atoms with Gasteiger partial charge in [-0.05, 0) is 70.4 Å². The Balaban J connectivity index is 1.62. The number of aryl methyl sites for hydroxylation is 2. The lowest BCUT2D eigenvalue weighted by Gasteiger charge is -2.27. The third-order valence-electron chi connectivity index (χ3n) is 5.45. The fraction of sp³-hybridized carbons (Fsp3) is 0.458. The second-order valence-corrected chi connectivity index (χ2v) is 10.3. The van der Waals surface area contributed by atoms with E-state index in [0.717, 1.165) is 57.1 Å². The first-order valence-electron chi connectivity index (χ1n) is 10.7. The van der Waals surface area contributed by atoms with Crippen LogP contribution in [0.5, 0.6) is 0 Å².